The normalized spacial score (nSPS) is 24.3. The van der Waals surface area contributed by atoms with E-state index in [1.54, 1.807) is 0 Å². The summed E-state index contributed by atoms with van der Waals surface area (Å²) in [6.07, 6.45) is 6.18. The van der Waals surface area contributed by atoms with Gasteiger partial charge in [0.15, 0.2) is 0 Å². The van der Waals surface area contributed by atoms with Crippen molar-refractivity contribution in [1.82, 2.24) is 5.06 Å². The number of hydrogen-bond acceptors (Lipinski definition) is 2. The molecule has 2 bridgehead atoms. The SMILES string of the molecule is O=C(c1ccc2ccccc2c1)N1OC2C=CC1CC2. The van der Waals surface area contributed by atoms with E-state index < -0.39 is 0 Å². The van der Waals surface area contributed by atoms with Crippen molar-refractivity contribution in [3.05, 3.63) is 60.2 Å². The lowest BCUT2D eigenvalue weighted by Gasteiger charge is -2.40. The van der Waals surface area contributed by atoms with Gasteiger partial charge in [-0.3, -0.25) is 9.63 Å². The van der Waals surface area contributed by atoms with Crippen molar-refractivity contribution in [2.45, 2.75) is 25.0 Å². The van der Waals surface area contributed by atoms with Gasteiger partial charge < -0.3 is 0 Å². The Kier molecular flexibility index (Phi) is 2.60. The fourth-order valence-corrected chi connectivity index (χ4v) is 2.94. The van der Waals surface area contributed by atoms with Crippen molar-refractivity contribution in [2.75, 3.05) is 0 Å². The molecule has 0 saturated carbocycles. The standard InChI is InChI=1S/C17H15NO2/c19-17(18-15-7-9-16(20-18)10-8-15)14-6-5-12-3-1-2-4-13(12)11-14/h1-7,9,11,15-16H,8,10H2. The molecule has 0 N–H and O–H groups in total. The number of rotatable bonds is 1. The molecule has 2 aromatic rings. The summed E-state index contributed by atoms with van der Waals surface area (Å²) in [6.45, 7) is 0. The van der Waals surface area contributed by atoms with Crippen LogP contribution < -0.4 is 0 Å². The molecule has 0 radical (unpaired) electrons. The lowest BCUT2D eigenvalue weighted by molar-refractivity contribution is -0.197. The third-order valence-electron chi connectivity index (χ3n) is 4.04. The maximum absolute atomic E-state index is 12.6. The second-order valence-electron chi connectivity index (χ2n) is 5.37. The van der Waals surface area contributed by atoms with Crippen LogP contribution in [0.2, 0.25) is 0 Å². The molecule has 2 aliphatic heterocycles. The monoisotopic (exact) mass is 265 g/mol. The van der Waals surface area contributed by atoms with Crippen molar-refractivity contribution < 1.29 is 9.63 Å². The van der Waals surface area contributed by atoms with Crippen LogP contribution >= 0.6 is 0 Å². The van der Waals surface area contributed by atoms with E-state index in [-0.39, 0.29) is 18.1 Å². The van der Waals surface area contributed by atoms with Crippen LogP contribution in [0.3, 0.4) is 0 Å². The van der Waals surface area contributed by atoms with E-state index >= 15 is 0 Å². The Hall–Kier alpha value is -2.13. The number of hydrogen-bond donors (Lipinski definition) is 0. The maximum Gasteiger partial charge on any atom is 0.278 e. The largest absolute Gasteiger partial charge is 0.278 e. The molecule has 3 nitrogen and oxygen atoms in total. The first-order valence-corrected chi connectivity index (χ1v) is 6.99. The van der Waals surface area contributed by atoms with Crippen LogP contribution in [-0.2, 0) is 4.84 Å². The molecule has 2 heterocycles. The van der Waals surface area contributed by atoms with Gasteiger partial charge in [0, 0.05) is 5.56 Å². The van der Waals surface area contributed by atoms with Gasteiger partial charge in [0.2, 0.25) is 0 Å². The van der Waals surface area contributed by atoms with Crippen LogP contribution in [-0.4, -0.2) is 23.1 Å². The number of fused-ring (bicyclic) bond motifs is 3. The van der Waals surface area contributed by atoms with E-state index in [1.807, 2.05) is 42.5 Å². The molecule has 5 rings (SSSR count). The Balaban J connectivity index is 1.68. The zero-order valence-electron chi connectivity index (χ0n) is 11.0. The molecule has 20 heavy (non-hydrogen) atoms. The van der Waals surface area contributed by atoms with Gasteiger partial charge in [-0.25, -0.2) is 5.06 Å². The molecule has 3 aliphatic rings. The van der Waals surface area contributed by atoms with Gasteiger partial charge in [-0.2, -0.15) is 0 Å². The summed E-state index contributed by atoms with van der Waals surface area (Å²) < 4.78 is 0. The summed E-state index contributed by atoms with van der Waals surface area (Å²) in [6, 6.07) is 13.9. The lowest BCUT2D eigenvalue weighted by Crippen LogP contribution is -2.48. The first-order valence-electron chi connectivity index (χ1n) is 6.99. The van der Waals surface area contributed by atoms with E-state index in [4.69, 9.17) is 4.84 Å². The Morgan fingerprint density at radius 2 is 1.90 bits per heavy atom. The van der Waals surface area contributed by atoms with E-state index in [9.17, 15) is 4.79 Å². The Labute approximate surface area is 117 Å². The van der Waals surface area contributed by atoms with Crippen LogP contribution in [0, 0.1) is 0 Å². The predicted molar refractivity (Wildman–Crippen MR) is 77.2 cm³/mol. The molecule has 3 heteroatoms. The predicted octanol–water partition coefficient (Wildman–Crippen LogP) is 3.31. The number of hydroxylamine groups is 2. The molecule has 2 atom stereocenters. The molecule has 2 aromatic carbocycles. The number of carbonyl (C=O) groups is 1. The molecular weight excluding hydrogens is 250 g/mol. The zero-order chi connectivity index (χ0) is 13.5. The molecule has 1 amide bonds. The Bertz CT molecular complexity index is 707. The van der Waals surface area contributed by atoms with Crippen molar-refractivity contribution in [3.8, 4) is 0 Å². The molecule has 2 unspecified atom stereocenters. The molecule has 1 saturated heterocycles. The van der Waals surface area contributed by atoms with Crippen LogP contribution in [0.5, 0.6) is 0 Å². The van der Waals surface area contributed by atoms with Gasteiger partial charge in [-0.05, 0) is 35.7 Å². The van der Waals surface area contributed by atoms with Gasteiger partial charge >= 0.3 is 0 Å². The first-order chi connectivity index (χ1) is 9.81. The van der Waals surface area contributed by atoms with Gasteiger partial charge in [0.1, 0.15) is 6.10 Å². The minimum absolute atomic E-state index is 0.0465. The second-order valence-corrected chi connectivity index (χ2v) is 5.37. The van der Waals surface area contributed by atoms with Crippen LogP contribution in [0.25, 0.3) is 10.8 Å². The smallest absolute Gasteiger partial charge is 0.267 e. The van der Waals surface area contributed by atoms with Crippen molar-refractivity contribution >= 4 is 16.7 Å². The molecule has 1 aliphatic carbocycles. The average molecular weight is 265 g/mol. The molecular formula is C17H15NO2. The number of carbonyl (C=O) groups excluding carboxylic acids is 1. The van der Waals surface area contributed by atoms with Gasteiger partial charge in [-0.1, -0.05) is 42.5 Å². The minimum Gasteiger partial charge on any atom is -0.267 e. The topological polar surface area (TPSA) is 29.5 Å². The fourth-order valence-electron chi connectivity index (χ4n) is 2.94. The van der Waals surface area contributed by atoms with Gasteiger partial charge in [0.05, 0.1) is 6.04 Å². The number of benzene rings is 2. The highest BCUT2D eigenvalue weighted by Gasteiger charge is 2.34. The van der Waals surface area contributed by atoms with Crippen LogP contribution in [0.15, 0.2) is 54.6 Å². The summed E-state index contributed by atoms with van der Waals surface area (Å²) in [5.41, 5.74) is 0.685. The average Bonchev–Trinajstić information content (AvgIpc) is 2.54. The lowest BCUT2D eigenvalue weighted by atomic mass is 9.97. The van der Waals surface area contributed by atoms with E-state index in [2.05, 4.69) is 12.2 Å². The van der Waals surface area contributed by atoms with Crippen molar-refractivity contribution in [1.29, 1.82) is 0 Å². The maximum atomic E-state index is 12.6. The van der Waals surface area contributed by atoms with Crippen LogP contribution in [0.1, 0.15) is 23.2 Å². The number of nitrogens with zero attached hydrogens (tertiary/aromatic N) is 1. The fraction of sp³-hybridized carbons (Fsp3) is 0.235. The summed E-state index contributed by atoms with van der Waals surface area (Å²) in [5.74, 6) is -0.0465. The molecule has 0 aromatic heterocycles. The highest BCUT2D eigenvalue weighted by atomic mass is 16.7. The van der Waals surface area contributed by atoms with E-state index in [0.717, 1.165) is 23.6 Å². The van der Waals surface area contributed by atoms with Gasteiger partial charge in [0.25, 0.3) is 5.91 Å². The van der Waals surface area contributed by atoms with Crippen LogP contribution in [0.4, 0.5) is 0 Å². The Morgan fingerprint density at radius 3 is 2.60 bits per heavy atom. The second kappa shape index (κ2) is 4.46. The first kappa shape index (κ1) is 11.7. The summed E-state index contributed by atoms with van der Waals surface area (Å²) >= 11 is 0. The van der Waals surface area contributed by atoms with Gasteiger partial charge in [-0.15, -0.1) is 0 Å². The van der Waals surface area contributed by atoms with E-state index in [1.165, 1.54) is 5.06 Å². The third kappa shape index (κ3) is 1.82. The summed E-state index contributed by atoms with van der Waals surface area (Å²) in [7, 11) is 0. The summed E-state index contributed by atoms with van der Waals surface area (Å²) in [4.78, 5) is 18.3. The molecule has 1 fully saturated rings. The Morgan fingerprint density at radius 1 is 1.05 bits per heavy atom. The van der Waals surface area contributed by atoms with Crippen molar-refractivity contribution in [3.63, 3.8) is 0 Å². The number of amides is 1. The van der Waals surface area contributed by atoms with E-state index in [0.29, 0.717) is 5.56 Å². The molecule has 0 spiro atoms. The highest BCUT2D eigenvalue weighted by Crippen LogP contribution is 2.29. The zero-order valence-corrected chi connectivity index (χ0v) is 11.0. The molecule has 100 valence electrons. The minimum atomic E-state index is -0.0465. The van der Waals surface area contributed by atoms with Crippen molar-refractivity contribution in [2.24, 2.45) is 0 Å². The summed E-state index contributed by atoms with van der Waals surface area (Å²) in [5, 5.41) is 3.76. The quantitative estimate of drug-likeness (QED) is 0.740. The third-order valence-corrected chi connectivity index (χ3v) is 4.04. The highest BCUT2D eigenvalue weighted by molar-refractivity contribution is 5.98.